The first-order valence-corrected chi connectivity index (χ1v) is 6.57. The minimum absolute atomic E-state index is 0.0590. The molecule has 0 saturated heterocycles. The smallest absolute Gasteiger partial charge is 0.289 e. The second-order valence-corrected chi connectivity index (χ2v) is 4.73. The summed E-state index contributed by atoms with van der Waals surface area (Å²) in [5.74, 6) is -0.202. The van der Waals surface area contributed by atoms with Crippen molar-refractivity contribution >= 4 is 17.5 Å². The molecule has 4 nitrogen and oxygen atoms in total. The minimum Gasteiger partial charge on any atom is -0.435 e. The highest BCUT2D eigenvalue weighted by Crippen LogP contribution is 2.15. The van der Waals surface area contributed by atoms with Gasteiger partial charge in [-0.05, 0) is 19.1 Å². The van der Waals surface area contributed by atoms with E-state index < -0.39 is 11.7 Å². The van der Waals surface area contributed by atoms with Crippen LogP contribution in [0.5, 0.6) is 0 Å². The van der Waals surface area contributed by atoms with E-state index in [1.807, 2.05) is 6.92 Å². The van der Waals surface area contributed by atoms with E-state index in [0.29, 0.717) is 28.6 Å². The number of aryl methyl sites for hydroxylation is 2. The van der Waals surface area contributed by atoms with Crippen molar-refractivity contribution in [2.24, 2.45) is 0 Å². The van der Waals surface area contributed by atoms with E-state index in [1.165, 1.54) is 12.1 Å². The van der Waals surface area contributed by atoms with Crippen LogP contribution in [0.15, 0.2) is 22.6 Å². The lowest BCUT2D eigenvalue weighted by Gasteiger charge is -2.05. The van der Waals surface area contributed by atoms with Crippen LogP contribution < -0.4 is 5.32 Å². The van der Waals surface area contributed by atoms with Crippen molar-refractivity contribution in [1.82, 2.24) is 10.3 Å². The minimum atomic E-state index is -0.457. The van der Waals surface area contributed by atoms with Crippen LogP contribution in [0.3, 0.4) is 0 Å². The maximum absolute atomic E-state index is 13.6. The van der Waals surface area contributed by atoms with E-state index in [-0.39, 0.29) is 12.3 Å². The number of nitrogens with one attached hydrogen (secondary N) is 1. The second-order valence-electron chi connectivity index (χ2n) is 4.29. The van der Waals surface area contributed by atoms with Crippen LogP contribution in [0.2, 0.25) is 5.02 Å². The zero-order valence-electron chi connectivity index (χ0n) is 11.2. The molecule has 2 aromatic rings. The monoisotopic (exact) mass is 296 g/mol. The third kappa shape index (κ3) is 3.17. The van der Waals surface area contributed by atoms with E-state index in [2.05, 4.69) is 10.3 Å². The molecule has 106 valence electrons. The Morgan fingerprint density at radius 1 is 1.50 bits per heavy atom. The van der Waals surface area contributed by atoms with Gasteiger partial charge in [0.15, 0.2) is 5.89 Å². The molecular formula is C14H14ClFN2O2. The van der Waals surface area contributed by atoms with Gasteiger partial charge in [-0.3, -0.25) is 4.79 Å². The number of rotatable bonds is 4. The van der Waals surface area contributed by atoms with Gasteiger partial charge in [-0.2, -0.15) is 0 Å². The molecular weight excluding hydrogens is 283 g/mol. The third-order valence-corrected chi connectivity index (χ3v) is 3.04. The maximum atomic E-state index is 13.6. The lowest BCUT2D eigenvalue weighted by Crippen LogP contribution is -2.23. The van der Waals surface area contributed by atoms with Crippen LogP contribution in [0.4, 0.5) is 4.39 Å². The Bertz CT molecular complexity index is 640. The highest BCUT2D eigenvalue weighted by atomic mass is 35.5. The fraction of sp³-hybridized carbons (Fsp3) is 0.286. The van der Waals surface area contributed by atoms with Crippen molar-refractivity contribution in [1.29, 1.82) is 0 Å². The number of carbonyl (C=O) groups is 1. The molecule has 0 bridgehead atoms. The zero-order chi connectivity index (χ0) is 14.7. The van der Waals surface area contributed by atoms with Gasteiger partial charge in [0.25, 0.3) is 5.91 Å². The first kappa shape index (κ1) is 14.5. The second kappa shape index (κ2) is 6.05. The van der Waals surface area contributed by atoms with Gasteiger partial charge in [-0.25, -0.2) is 9.37 Å². The molecule has 1 aromatic heterocycles. The van der Waals surface area contributed by atoms with Gasteiger partial charge in [0.2, 0.25) is 5.76 Å². The topological polar surface area (TPSA) is 55.1 Å². The summed E-state index contributed by atoms with van der Waals surface area (Å²) >= 11 is 5.66. The number of oxazole rings is 1. The standard InChI is InChI=1S/C14H14ClFN2O2/c1-3-12-18-8(2)13(20-12)14(19)17-7-9-4-5-10(15)6-11(9)16/h4-6H,3,7H2,1-2H3,(H,17,19). The zero-order valence-corrected chi connectivity index (χ0v) is 11.9. The molecule has 0 spiro atoms. The quantitative estimate of drug-likeness (QED) is 0.942. The van der Waals surface area contributed by atoms with Gasteiger partial charge < -0.3 is 9.73 Å². The average molecular weight is 297 g/mol. The number of hydrogen-bond acceptors (Lipinski definition) is 3. The largest absolute Gasteiger partial charge is 0.435 e. The first-order chi connectivity index (χ1) is 9.51. The summed E-state index contributed by atoms with van der Waals surface area (Å²) in [6, 6.07) is 4.31. The number of carbonyl (C=O) groups excluding carboxylic acids is 1. The number of aromatic nitrogens is 1. The summed E-state index contributed by atoms with van der Waals surface area (Å²) in [6.45, 7) is 3.64. The number of hydrogen-bond donors (Lipinski definition) is 1. The molecule has 0 radical (unpaired) electrons. The van der Waals surface area contributed by atoms with E-state index in [9.17, 15) is 9.18 Å². The Kier molecular flexibility index (Phi) is 4.39. The molecule has 6 heteroatoms. The van der Waals surface area contributed by atoms with Crippen LogP contribution in [-0.2, 0) is 13.0 Å². The van der Waals surface area contributed by atoms with Crippen molar-refractivity contribution in [2.75, 3.05) is 0 Å². The normalized spacial score (nSPS) is 10.6. The van der Waals surface area contributed by atoms with Crippen molar-refractivity contribution in [3.63, 3.8) is 0 Å². The van der Waals surface area contributed by atoms with Crippen LogP contribution >= 0.6 is 11.6 Å². The predicted molar refractivity (Wildman–Crippen MR) is 73.2 cm³/mol. The van der Waals surface area contributed by atoms with E-state index >= 15 is 0 Å². The molecule has 1 N–H and O–H groups in total. The molecule has 0 aliphatic carbocycles. The Hall–Kier alpha value is -1.88. The van der Waals surface area contributed by atoms with Gasteiger partial charge in [0.1, 0.15) is 5.82 Å². The lowest BCUT2D eigenvalue weighted by molar-refractivity contribution is 0.0920. The summed E-state index contributed by atoms with van der Waals surface area (Å²) in [7, 11) is 0. The maximum Gasteiger partial charge on any atom is 0.289 e. The molecule has 0 unspecified atom stereocenters. The summed E-state index contributed by atoms with van der Waals surface area (Å²) < 4.78 is 18.9. The van der Waals surface area contributed by atoms with Gasteiger partial charge in [-0.15, -0.1) is 0 Å². The number of halogens is 2. The van der Waals surface area contributed by atoms with Gasteiger partial charge in [-0.1, -0.05) is 24.6 Å². The molecule has 2 rings (SSSR count). The molecule has 0 atom stereocenters. The van der Waals surface area contributed by atoms with Crippen molar-refractivity contribution < 1.29 is 13.6 Å². The summed E-state index contributed by atoms with van der Waals surface area (Å²) in [5.41, 5.74) is 0.881. The van der Waals surface area contributed by atoms with Gasteiger partial charge >= 0.3 is 0 Å². The summed E-state index contributed by atoms with van der Waals surface area (Å²) in [5, 5.41) is 2.91. The Morgan fingerprint density at radius 3 is 2.85 bits per heavy atom. The summed E-state index contributed by atoms with van der Waals surface area (Å²) in [6.07, 6.45) is 0.611. The SMILES string of the molecule is CCc1nc(C)c(C(=O)NCc2ccc(Cl)cc2F)o1. The van der Waals surface area contributed by atoms with Gasteiger partial charge in [0.05, 0.1) is 5.69 Å². The number of amides is 1. The third-order valence-electron chi connectivity index (χ3n) is 2.80. The van der Waals surface area contributed by atoms with E-state index in [4.69, 9.17) is 16.0 Å². The lowest BCUT2D eigenvalue weighted by atomic mass is 10.2. The molecule has 0 aliphatic heterocycles. The highest BCUT2D eigenvalue weighted by Gasteiger charge is 2.16. The van der Waals surface area contributed by atoms with Crippen LogP contribution in [0.25, 0.3) is 0 Å². The molecule has 0 aliphatic rings. The van der Waals surface area contributed by atoms with Crippen LogP contribution in [-0.4, -0.2) is 10.9 Å². The molecule has 1 aromatic carbocycles. The van der Waals surface area contributed by atoms with Crippen molar-refractivity contribution in [2.45, 2.75) is 26.8 Å². The fourth-order valence-electron chi connectivity index (χ4n) is 1.74. The fourth-order valence-corrected chi connectivity index (χ4v) is 1.89. The number of benzene rings is 1. The molecule has 20 heavy (non-hydrogen) atoms. The molecule has 0 saturated carbocycles. The van der Waals surface area contributed by atoms with E-state index in [1.54, 1.807) is 13.0 Å². The molecule has 0 fully saturated rings. The predicted octanol–water partition coefficient (Wildman–Crippen LogP) is 3.27. The molecule has 1 amide bonds. The molecule has 1 heterocycles. The van der Waals surface area contributed by atoms with Crippen molar-refractivity contribution in [3.05, 3.63) is 51.9 Å². The van der Waals surface area contributed by atoms with Crippen LogP contribution in [0, 0.1) is 12.7 Å². The number of nitrogens with zero attached hydrogens (tertiary/aromatic N) is 1. The summed E-state index contributed by atoms with van der Waals surface area (Å²) in [4.78, 5) is 16.1. The first-order valence-electron chi connectivity index (χ1n) is 6.19. The van der Waals surface area contributed by atoms with Crippen molar-refractivity contribution in [3.8, 4) is 0 Å². The Morgan fingerprint density at radius 2 is 2.25 bits per heavy atom. The Labute approximate surface area is 121 Å². The van der Waals surface area contributed by atoms with Crippen LogP contribution in [0.1, 0.15) is 34.6 Å². The Balaban J connectivity index is 2.06. The van der Waals surface area contributed by atoms with E-state index in [0.717, 1.165) is 0 Å². The highest BCUT2D eigenvalue weighted by molar-refractivity contribution is 6.30. The van der Waals surface area contributed by atoms with Gasteiger partial charge in [0, 0.05) is 23.6 Å². The average Bonchev–Trinajstić information content (AvgIpc) is 2.79.